The number of carbonyl (C=O) groups excluding carboxylic acids is 1. The fourth-order valence-corrected chi connectivity index (χ4v) is 8.16. The molecule has 2 N–H and O–H groups in total. The maximum atomic E-state index is 12.3. The first kappa shape index (κ1) is 46.9. The van der Waals surface area contributed by atoms with Crippen LogP contribution in [0.1, 0.15) is 73.5 Å². The average Bonchev–Trinajstić information content (AvgIpc) is 3.33. The van der Waals surface area contributed by atoms with Crippen molar-refractivity contribution in [3.05, 3.63) is 144 Å². The number of aliphatic hydroxyl groups is 2. The van der Waals surface area contributed by atoms with Crippen molar-refractivity contribution >= 4 is 5.97 Å². The number of ether oxygens (including phenoxy) is 10. The fraction of sp³-hybridized carbons (Fsp3) is 0.500. The Morgan fingerprint density at radius 3 is 1.73 bits per heavy atom. The first-order valence-corrected chi connectivity index (χ1v) is 22.2. The second kappa shape index (κ2) is 24.8. The van der Waals surface area contributed by atoms with Crippen molar-refractivity contribution in [2.75, 3.05) is 26.9 Å². The smallest absolute Gasteiger partial charge is 0.305 e. The quantitative estimate of drug-likeness (QED) is 0.0585. The van der Waals surface area contributed by atoms with Crippen molar-refractivity contribution in [3.63, 3.8) is 0 Å². The minimum atomic E-state index is -1.25. The normalized spacial score (nSPS) is 28.3. The first-order valence-electron chi connectivity index (χ1n) is 22.2. The number of methoxy groups -OCH3 is 1. The van der Waals surface area contributed by atoms with Crippen LogP contribution >= 0.6 is 0 Å². The number of hydrogen-bond acceptors (Lipinski definition) is 13. The first-order chi connectivity index (χ1) is 31.0. The summed E-state index contributed by atoms with van der Waals surface area (Å²) in [5.74, 6) is -0.188. The lowest BCUT2D eigenvalue weighted by Crippen LogP contribution is -2.66. The number of hydrogen-bond donors (Lipinski definition) is 2. The lowest BCUT2D eigenvalue weighted by molar-refractivity contribution is -0.398. The van der Waals surface area contributed by atoms with E-state index >= 15 is 0 Å². The number of esters is 1. The molecule has 13 nitrogen and oxygen atoms in total. The molecule has 63 heavy (non-hydrogen) atoms. The van der Waals surface area contributed by atoms with Gasteiger partial charge >= 0.3 is 5.97 Å². The Bertz CT molecular complexity index is 1870. The molecule has 4 aromatic carbocycles. The van der Waals surface area contributed by atoms with Crippen LogP contribution in [0.25, 0.3) is 0 Å². The molecule has 1 unspecified atom stereocenters. The predicted octanol–water partition coefficient (Wildman–Crippen LogP) is 6.97. The summed E-state index contributed by atoms with van der Waals surface area (Å²) in [5.41, 5.74) is 3.60. The summed E-state index contributed by atoms with van der Waals surface area (Å²) in [6.45, 7) is 0.721. The molecule has 13 heteroatoms. The zero-order valence-corrected chi connectivity index (χ0v) is 36.0. The van der Waals surface area contributed by atoms with Gasteiger partial charge in [-0.25, -0.2) is 0 Å². The zero-order chi connectivity index (χ0) is 43.6. The minimum absolute atomic E-state index is 0.157. The molecule has 0 aliphatic carbocycles. The maximum absolute atomic E-state index is 12.3. The lowest BCUT2D eigenvalue weighted by atomic mass is 9.96. The standard InChI is InChI=1S/C50H62O13/c1-54-41(52)28-18-4-2-3-5-19-29-55-49-45(42(53)43-40(61-49)34-59-48(62-43)38-26-16-9-17-27-38)63-50-47(58-33-37-24-14-8-15-25-37)46(57-32-36-22-12-7-13-23-36)44(39(30-51)60-50)56-31-35-20-10-6-11-21-35/h6-17,20-27,39-40,42-51,53H,2-5,18-19,28-34H2,1H3/t39-,40-,42+,43-,44-,45-,46+,47-,48?,49+,50-/m1/s1. The molecule has 0 spiro atoms. The van der Waals surface area contributed by atoms with Gasteiger partial charge in [0.25, 0.3) is 0 Å². The van der Waals surface area contributed by atoms with Crippen LogP contribution in [-0.4, -0.2) is 105 Å². The fourth-order valence-electron chi connectivity index (χ4n) is 8.16. The van der Waals surface area contributed by atoms with Gasteiger partial charge in [0.15, 0.2) is 18.9 Å². The molecule has 3 heterocycles. The van der Waals surface area contributed by atoms with E-state index in [1.165, 1.54) is 7.11 Å². The minimum Gasteiger partial charge on any atom is -0.469 e. The highest BCUT2D eigenvalue weighted by atomic mass is 16.8. The Hall–Kier alpha value is -4.09. The van der Waals surface area contributed by atoms with Crippen LogP contribution in [-0.2, 0) is 72.0 Å². The Morgan fingerprint density at radius 1 is 0.603 bits per heavy atom. The van der Waals surface area contributed by atoms with Gasteiger partial charge in [-0.1, -0.05) is 147 Å². The number of unbranched alkanes of at least 4 members (excludes halogenated alkanes) is 5. The maximum Gasteiger partial charge on any atom is 0.305 e. The van der Waals surface area contributed by atoms with Gasteiger partial charge in [-0.15, -0.1) is 0 Å². The Morgan fingerprint density at radius 2 is 1.14 bits per heavy atom. The summed E-state index contributed by atoms with van der Waals surface area (Å²) in [6.07, 6.45) is -4.49. The van der Waals surface area contributed by atoms with E-state index in [-0.39, 0.29) is 32.4 Å². The van der Waals surface area contributed by atoms with E-state index in [1.807, 2.05) is 121 Å². The number of aliphatic hydroxyl groups excluding tert-OH is 2. The van der Waals surface area contributed by atoms with Crippen molar-refractivity contribution in [2.45, 2.75) is 132 Å². The number of fused-ring (bicyclic) bond motifs is 1. The third-order valence-corrected chi connectivity index (χ3v) is 11.6. The van der Waals surface area contributed by atoms with Crippen LogP contribution in [0.3, 0.4) is 0 Å². The third kappa shape index (κ3) is 13.5. The van der Waals surface area contributed by atoms with Crippen molar-refractivity contribution in [1.29, 1.82) is 0 Å². The lowest BCUT2D eigenvalue weighted by Gasteiger charge is -2.50. The van der Waals surface area contributed by atoms with Gasteiger partial charge in [-0.3, -0.25) is 4.79 Å². The molecule has 340 valence electrons. The van der Waals surface area contributed by atoms with E-state index < -0.39 is 74.3 Å². The van der Waals surface area contributed by atoms with Crippen LogP contribution < -0.4 is 0 Å². The van der Waals surface area contributed by atoms with Gasteiger partial charge in [0.1, 0.15) is 48.8 Å². The average molecular weight is 871 g/mol. The molecule has 0 radical (unpaired) electrons. The highest BCUT2D eigenvalue weighted by Crippen LogP contribution is 2.38. The Kier molecular flexibility index (Phi) is 18.5. The number of rotatable bonds is 23. The summed E-state index contributed by atoms with van der Waals surface area (Å²) in [6, 6.07) is 38.9. The summed E-state index contributed by atoms with van der Waals surface area (Å²) in [7, 11) is 1.41. The molecular weight excluding hydrogens is 809 g/mol. The van der Waals surface area contributed by atoms with E-state index in [1.54, 1.807) is 0 Å². The van der Waals surface area contributed by atoms with E-state index in [0.29, 0.717) is 13.0 Å². The molecule has 3 aliphatic heterocycles. The van der Waals surface area contributed by atoms with Crippen LogP contribution in [0.15, 0.2) is 121 Å². The summed E-state index contributed by atoms with van der Waals surface area (Å²) < 4.78 is 63.8. The second-order valence-corrected chi connectivity index (χ2v) is 16.1. The molecule has 0 aromatic heterocycles. The van der Waals surface area contributed by atoms with E-state index in [2.05, 4.69) is 0 Å². The SMILES string of the molecule is COC(=O)CCCCCCCCO[C@H]1O[C@@H]2COC(c3ccccc3)O[C@H]2[C@H](O)[C@H]1O[C@H]1O[C@H](CO)[C@@H](OCc2ccccc2)[C@H](OCc2ccccc2)[C@H]1OCc1ccccc1. The van der Waals surface area contributed by atoms with Crippen molar-refractivity contribution in [3.8, 4) is 0 Å². The molecule has 4 aromatic rings. The van der Waals surface area contributed by atoms with Crippen LogP contribution in [0.2, 0.25) is 0 Å². The van der Waals surface area contributed by atoms with Gasteiger partial charge in [0, 0.05) is 18.6 Å². The van der Waals surface area contributed by atoms with Gasteiger partial charge in [-0.2, -0.15) is 0 Å². The topological polar surface area (TPSA) is 150 Å². The van der Waals surface area contributed by atoms with Crippen LogP contribution in [0.5, 0.6) is 0 Å². The van der Waals surface area contributed by atoms with E-state index in [9.17, 15) is 15.0 Å². The van der Waals surface area contributed by atoms with E-state index in [4.69, 9.17) is 47.4 Å². The predicted molar refractivity (Wildman–Crippen MR) is 231 cm³/mol. The number of carbonyl (C=O) groups is 1. The summed E-state index contributed by atoms with van der Waals surface area (Å²) in [5, 5.41) is 23.2. The third-order valence-electron chi connectivity index (χ3n) is 11.6. The molecular formula is C50H62O13. The molecule has 0 amide bonds. The van der Waals surface area contributed by atoms with Crippen molar-refractivity contribution in [1.82, 2.24) is 0 Å². The molecule has 11 atom stereocenters. The van der Waals surface area contributed by atoms with Crippen molar-refractivity contribution < 1.29 is 62.4 Å². The van der Waals surface area contributed by atoms with Gasteiger partial charge < -0.3 is 57.6 Å². The second-order valence-electron chi connectivity index (χ2n) is 16.1. The zero-order valence-electron chi connectivity index (χ0n) is 36.0. The van der Waals surface area contributed by atoms with Crippen molar-refractivity contribution in [2.24, 2.45) is 0 Å². The van der Waals surface area contributed by atoms with Gasteiger partial charge in [0.05, 0.1) is 40.1 Å². The van der Waals surface area contributed by atoms with Gasteiger partial charge in [-0.05, 0) is 29.5 Å². The monoisotopic (exact) mass is 870 g/mol. The molecule has 7 rings (SSSR count). The summed E-state index contributed by atoms with van der Waals surface area (Å²) >= 11 is 0. The number of benzene rings is 4. The molecule has 3 saturated heterocycles. The molecule has 0 bridgehead atoms. The largest absolute Gasteiger partial charge is 0.469 e. The highest BCUT2D eigenvalue weighted by Gasteiger charge is 2.55. The molecule has 0 saturated carbocycles. The molecule has 3 aliphatic rings. The molecule has 3 fully saturated rings. The van der Waals surface area contributed by atoms with Crippen LogP contribution in [0, 0.1) is 0 Å². The van der Waals surface area contributed by atoms with Gasteiger partial charge in [0.2, 0.25) is 0 Å². The Balaban J connectivity index is 1.13. The van der Waals surface area contributed by atoms with E-state index in [0.717, 1.165) is 60.8 Å². The summed E-state index contributed by atoms with van der Waals surface area (Å²) in [4.78, 5) is 11.5. The highest BCUT2D eigenvalue weighted by molar-refractivity contribution is 5.68. The van der Waals surface area contributed by atoms with Crippen LogP contribution in [0.4, 0.5) is 0 Å². The Labute approximate surface area is 370 Å².